The van der Waals surface area contributed by atoms with Crippen LogP contribution in [0.5, 0.6) is 5.88 Å². The zero-order valence-corrected chi connectivity index (χ0v) is 11.3. The predicted molar refractivity (Wildman–Crippen MR) is 72.5 cm³/mol. The Balaban J connectivity index is 2.12. The lowest BCUT2D eigenvalue weighted by Crippen LogP contribution is -2.18. The highest BCUT2D eigenvalue weighted by molar-refractivity contribution is 5.74. The first kappa shape index (κ1) is 13.0. The molecule has 1 atom stereocenters. The molecule has 5 nitrogen and oxygen atoms in total. The van der Waals surface area contributed by atoms with Crippen LogP contribution < -0.4 is 15.0 Å². The Kier molecular flexibility index (Phi) is 4.25. The van der Waals surface area contributed by atoms with Gasteiger partial charge in [0.15, 0.2) is 0 Å². The minimum atomic E-state index is 0.574. The summed E-state index contributed by atoms with van der Waals surface area (Å²) in [5.74, 6) is 1.21. The van der Waals surface area contributed by atoms with E-state index in [1.165, 1.54) is 0 Å². The van der Waals surface area contributed by atoms with Gasteiger partial charge in [-0.2, -0.15) is 0 Å². The summed E-state index contributed by atoms with van der Waals surface area (Å²) >= 11 is 0. The minimum absolute atomic E-state index is 0.574. The molecule has 5 heteroatoms. The van der Waals surface area contributed by atoms with Gasteiger partial charge in [0, 0.05) is 39.4 Å². The van der Waals surface area contributed by atoms with Gasteiger partial charge in [-0.25, -0.2) is 4.98 Å². The third kappa shape index (κ3) is 2.85. The van der Waals surface area contributed by atoms with Crippen LogP contribution in [0.2, 0.25) is 0 Å². The molecule has 2 heterocycles. The van der Waals surface area contributed by atoms with Gasteiger partial charge in [0.2, 0.25) is 5.88 Å². The third-order valence-electron chi connectivity index (χ3n) is 3.16. The summed E-state index contributed by atoms with van der Waals surface area (Å²) in [5.41, 5.74) is 2.04. The number of anilines is 2. The van der Waals surface area contributed by atoms with Gasteiger partial charge in [-0.05, 0) is 12.5 Å². The van der Waals surface area contributed by atoms with Crippen LogP contribution in [0.3, 0.4) is 0 Å². The van der Waals surface area contributed by atoms with E-state index >= 15 is 0 Å². The van der Waals surface area contributed by atoms with Crippen molar-refractivity contribution in [2.75, 3.05) is 51.2 Å². The number of nitrogens with one attached hydrogen (secondary N) is 1. The van der Waals surface area contributed by atoms with E-state index in [0.717, 1.165) is 37.6 Å². The molecular weight excluding hydrogens is 230 g/mol. The lowest BCUT2D eigenvalue weighted by molar-refractivity contribution is 0.187. The van der Waals surface area contributed by atoms with Crippen molar-refractivity contribution in [3.63, 3.8) is 0 Å². The van der Waals surface area contributed by atoms with E-state index in [-0.39, 0.29) is 0 Å². The van der Waals surface area contributed by atoms with Crippen LogP contribution >= 0.6 is 0 Å². The maximum atomic E-state index is 5.38. The van der Waals surface area contributed by atoms with Crippen LogP contribution in [0, 0.1) is 5.92 Å². The van der Waals surface area contributed by atoms with Crippen LogP contribution in [-0.4, -0.2) is 45.9 Å². The number of ether oxygens (including phenoxy) is 2. The van der Waals surface area contributed by atoms with E-state index in [2.05, 4.69) is 15.2 Å². The molecule has 1 N–H and O–H groups in total. The summed E-state index contributed by atoms with van der Waals surface area (Å²) in [6, 6.07) is 1.98. The minimum Gasteiger partial charge on any atom is -0.479 e. The van der Waals surface area contributed by atoms with Crippen molar-refractivity contribution in [1.82, 2.24) is 4.98 Å². The molecule has 1 aromatic heterocycles. The zero-order chi connectivity index (χ0) is 13.0. The van der Waals surface area contributed by atoms with Crippen molar-refractivity contribution in [2.45, 2.75) is 6.42 Å². The van der Waals surface area contributed by atoms with Crippen LogP contribution in [0.15, 0.2) is 12.3 Å². The average Bonchev–Trinajstić information content (AvgIpc) is 2.88. The molecular formula is C13H21N3O2. The van der Waals surface area contributed by atoms with Gasteiger partial charge in [0.1, 0.15) is 5.69 Å². The van der Waals surface area contributed by atoms with Crippen molar-refractivity contribution < 1.29 is 9.47 Å². The smallest absolute Gasteiger partial charge is 0.239 e. The fourth-order valence-corrected chi connectivity index (χ4v) is 2.12. The van der Waals surface area contributed by atoms with Crippen LogP contribution in [0.25, 0.3) is 0 Å². The Morgan fingerprint density at radius 3 is 3.00 bits per heavy atom. The lowest BCUT2D eigenvalue weighted by atomic mass is 10.1. The summed E-state index contributed by atoms with van der Waals surface area (Å²) in [6.45, 7) is 2.60. The third-order valence-corrected chi connectivity index (χ3v) is 3.16. The number of nitrogens with zero attached hydrogens (tertiary/aromatic N) is 2. The van der Waals surface area contributed by atoms with Gasteiger partial charge in [0.25, 0.3) is 0 Å². The number of pyridine rings is 1. The Morgan fingerprint density at radius 1 is 1.56 bits per heavy atom. The maximum Gasteiger partial charge on any atom is 0.239 e. The average molecular weight is 251 g/mol. The molecule has 0 amide bonds. The van der Waals surface area contributed by atoms with Crippen LogP contribution in [0.4, 0.5) is 11.4 Å². The van der Waals surface area contributed by atoms with E-state index in [4.69, 9.17) is 9.47 Å². The first-order chi connectivity index (χ1) is 8.72. The van der Waals surface area contributed by atoms with Gasteiger partial charge in [-0.3, -0.25) is 0 Å². The molecule has 1 unspecified atom stereocenters. The fourth-order valence-electron chi connectivity index (χ4n) is 2.12. The number of rotatable bonds is 5. The van der Waals surface area contributed by atoms with Crippen molar-refractivity contribution in [2.24, 2.45) is 5.92 Å². The van der Waals surface area contributed by atoms with Crippen molar-refractivity contribution in [3.05, 3.63) is 12.3 Å². The highest BCUT2D eigenvalue weighted by Crippen LogP contribution is 2.32. The zero-order valence-electron chi connectivity index (χ0n) is 11.3. The quantitative estimate of drug-likeness (QED) is 0.861. The SMILES string of the molecule is COc1nccc(N(C)C)c1NCC1CCOC1. The second-order valence-corrected chi connectivity index (χ2v) is 4.72. The topological polar surface area (TPSA) is 46.6 Å². The molecule has 0 bridgehead atoms. The number of aromatic nitrogens is 1. The number of methoxy groups -OCH3 is 1. The molecule has 0 aliphatic carbocycles. The summed E-state index contributed by atoms with van der Waals surface area (Å²) in [6.07, 6.45) is 2.88. The summed E-state index contributed by atoms with van der Waals surface area (Å²) in [5, 5.41) is 3.45. The van der Waals surface area contributed by atoms with Gasteiger partial charge >= 0.3 is 0 Å². The fraction of sp³-hybridized carbons (Fsp3) is 0.615. The van der Waals surface area contributed by atoms with Gasteiger partial charge in [-0.15, -0.1) is 0 Å². The molecule has 1 saturated heterocycles. The summed E-state index contributed by atoms with van der Waals surface area (Å²) in [7, 11) is 5.67. The van der Waals surface area contributed by atoms with E-state index in [9.17, 15) is 0 Å². The van der Waals surface area contributed by atoms with Crippen molar-refractivity contribution in [3.8, 4) is 5.88 Å². The first-order valence-electron chi connectivity index (χ1n) is 6.24. The molecule has 1 aliphatic rings. The monoisotopic (exact) mass is 251 g/mol. The molecule has 0 aromatic carbocycles. The van der Waals surface area contributed by atoms with Crippen LogP contribution in [-0.2, 0) is 4.74 Å². The second kappa shape index (κ2) is 5.91. The Hall–Kier alpha value is -1.49. The Morgan fingerprint density at radius 2 is 2.39 bits per heavy atom. The second-order valence-electron chi connectivity index (χ2n) is 4.72. The Bertz CT molecular complexity index is 390. The molecule has 1 fully saturated rings. The largest absolute Gasteiger partial charge is 0.479 e. The van der Waals surface area contributed by atoms with Crippen molar-refractivity contribution >= 4 is 11.4 Å². The molecule has 100 valence electrons. The summed E-state index contributed by atoms with van der Waals surface area (Å²) in [4.78, 5) is 6.30. The highest BCUT2D eigenvalue weighted by Gasteiger charge is 2.18. The molecule has 1 aliphatic heterocycles. The van der Waals surface area contributed by atoms with Gasteiger partial charge < -0.3 is 19.7 Å². The normalized spacial score (nSPS) is 18.7. The number of hydrogen-bond acceptors (Lipinski definition) is 5. The van der Waals surface area contributed by atoms with E-state index in [1.807, 2.05) is 20.2 Å². The standard InChI is InChI=1S/C13H21N3O2/c1-16(2)11-4-6-14-13(17-3)12(11)15-8-10-5-7-18-9-10/h4,6,10,15H,5,7-9H2,1-3H3. The molecule has 0 saturated carbocycles. The first-order valence-corrected chi connectivity index (χ1v) is 6.24. The van der Waals surface area contributed by atoms with Crippen molar-refractivity contribution in [1.29, 1.82) is 0 Å². The molecule has 18 heavy (non-hydrogen) atoms. The summed E-state index contributed by atoms with van der Waals surface area (Å²) < 4.78 is 10.7. The molecule has 0 spiro atoms. The Labute approximate surface area is 108 Å². The molecule has 0 radical (unpaired) electrons. The molecule has 1 aromatic rings. The van der Waals surface area contributed by atoms with E-state index < -0.39 is 0 Å². The predicted octanol–water partition coefficient (Wildman–Crippen LogP) is 1.60. The van der Waals surface area contributed by atoms with Gasteiger partial charge in [-0.1, -0.05) is 0 Å². The van der Waals surface area contributed by atoms with Gasteiger partial charge in [0.05, 0.1) is 19.4 Å². The van der Waals surface area contributed by atoms with E-state index in [1.54, 1.807) is 13.3 Å². The van der Waals surface area contributed by atoms with E-state index in [0.29, 0.717) is 11.8 Å². The highest BCUT2D eigenvalue weighted by atomic mass is 16.5. The van der Waals surface area contributed by atoms with Crippen LogP contribution in [0.1, 0.15) is 6.42 Å². The maximum absolute atomic E-state index is 5.38. The number of hydrogen-bond donors (Lipinski definition) is 1. The molecule has 2 rings (SSSR count). The lowest BCUT2D eigenvalue weighted by Gasteiger charge is -2.21.